The van der Waals surface area contributed by atoms with Crippen LogP contribution in [0.25, 0.3) is 0 Å². The van der Waals surface area contributed by atoms with E-state index in [9.17, 15) is 30.3 Å². The molecule has 0 saturated heterocycles. The second-order valence-corrected chi connectivity index (χ2v) is 5.33. The average molecular weight is 365 g/mol. The Morgan fingerprint density at radius 1 is 0.680 bits per heavy atom. The van der Waals surface area contributed by atoms with Crippen LogP contribution in [0.4, 0.5) is 0 Å². The zero-order valence-electron chi connectivity index (χ0n) is 14.6. The summed E-state index contributed by atoms with van der Waals surface area (Å²) in [5.74, 6) is 0. The van der Waals surface area contributed by atoms with Crippen LogP contribution in [0.1, 0.15) is 40.0 Å². The normalized spacial score (nSPS) is 14.5. The van der Waals surface area contributed by atoms with E-state index in [-0.39, 0.29) is 39.1 Å². The monoisotopic (exact) mass is 365 g/mol. The first-order chi connectivity index (χ1) is 11.8. The van der Waals surface area contributed by atoms with Gasteiger partial charge in [-0.3, -0.25) is 30.3 Å². The van der Waals surface area contributed by atoms with Crippen molar-refractivity contribution in [1.29, 1.82) is 0 Å². The van der Waals surface area contributed by atoms with Gasteiger partial charge in [-0.15, -0.1) is 0 Å². The van der Waals surface area contributed by atoms with Crippen molar-refractivity contribution >= 4 is 7.32 Å². The summed E-state index contributed by atoms with van der Waals surface area (Å²) in [6.07, 6.45) is 0.621. The summed E-state index contributed by atoms with van der Waals surface area (Å²) in [5.41, 5.74) is 0. The second kappa shape index (κ2) is 12.5. The van der Waals surface area contributed by atoms with Crippen LogP contribution in [0.2, 0.25) is 0 Å². The van der Waals surface area contributed by atoms with Crippen molar-refractivity contribution in [2.45, 2.75) is 58.2 Å². The molecule has 0 saturated carbocycles. The fourth-order valence-corrected chi connectivity index (χ4v) is 1.70. The Bertz CT molecular complexity index is 378. The summed E-state index contributed by atoms with van der Waals surface area (Å²) in [6, 6.07) is -2.99. The molecule has 0 bridgehead atoms. The molecule has 0 unspecified atom stereocenters. The van der Waals surface area contributed by atoms with Gasteiger partial charge in [-0.1, -0.05) is 20.8 Å². The van der Waals surface area contributed by atoms with E-state index < -0.39 is 40.2 Å². The Morgan fingerprint density at radius 2 is 0.920 bits per heavy atom. The Hall–Kier alpha value is -1.86. The lowest BCUT2D eigenvalue weighted by atomic mass is 10.1. The van der Waals surface area contributed by atoms with E-state index in [0.717, 1.165) is 0 Å². The summed E-state index contributed by atoms with van der Waals surface area (Å²) in [5, 5.41) is 32.4. The molecule has 0 spiro atoms. The smallest absolute Gasteiger partial charge is 0.379 e. The van der Waals surface area contributed by atoms with Crippen LogP contribution in [0.3, 0.4) is 0 Å². The van der Waals surface area contributed by atoms with E-state index in [1.165, 1.54) is 0 Å². The molecule has 0 amide bonds. The molecule has 0 radical (unpaired) electrons. The highest BCUT2D eigenvalue weighted by Gasteiger charge is 2.32. The molecule has 144 valence electrons. The van der Waals surface area contributed by atoms with Crippen molar-refractivity contribution in [3.8, 4) is 0 Å². The van der Waals surface area contributed by atoms with Gasteiger partial charge in [0.05, 0.1) is 0 Å². The highest BCUT2D eigenvalue weighted by molar-refractivity contribution is 6.36. The summed E-state index contributed by atoms with van der Waals surface area (Å²) in [4.78, 5) is 30.9. The van der Waals surface area contributed by atoms with Crippen molar-refractivity contribution in [1.82, 2.24) is 0 Å². The van der Waals surface area contributed by atoms with Crippen LogP contribution < -0.4 is 0 Å². The zero-order chi connectivity index (χ0) is 19.4. The lowest BCUT2D eigenvalue weighted by molar-refractivity contribution is -0.528. The van der Waals surface area contributed by atoms with Crippen LogP contribution in [0.15, 0.2) is 0 Å². The maximum atomic E-state index is 10.8. The third-order valence-electron chi connectivity index (χ3n) is 3.58. The molecule has 3 atom stereocenters. The van der Waals surface area contributed by atoms with Gasteiger partial charge in [0.1, 0.15) is 19.8 Å². The first kappa shape index (κ1) is 23.1. The van der Waals surface area contributed by atoms with Crippen molar-refractivity contribution in [2.75, 3.05) is 19.8 Å². The van der Waals surface area contributed by atoms with E-state index in [2.05, 4.69) is 0 Å². The number of rotatable bonds is 15. The van der Waals surface area contributed by atoms with Gasteiger partial charge in [-0.25, -0.2) is 0 Å². The molecule has 13 heteroatoms. The summed E-state index contributed by atoms with van der Waals surface area (Å²) in [6.45, 7) is 3.81. The minimum Gasteiger partial charge on any atom is -0.379 e. The summed E-state index contributed by atoms with van der Waals surface area (Å²) < 4.78 is 15.5. The topological polar surface area (TPSA) is 157 Å². The molecule has 0 heterocycles. The molecule has 0 aromatic rings. The van der Waals surface area contributed by atoms with E-state index in [4.69, 9.17) is 14.0 Å². The number of nitrogens with zero attached hydrogens (tertiary/aromatic N) is 3. The molecular weight excluding hydrogens is 341 g/mol. The largest absolute Gasteiger partial charge is 0.640 e. The van der Waals surface area contributed by atoms with E-state index in [1.807, 2.05) is 0 Å². The molecule has 25 heavy (non-hydrogen) atoms. The first-order valence-corrected chi connectivity index (χ1v) is 8.01. The lowest BCUT2D eigenvalue weighted by Gasteiger charge is -2.17. The van der Waals surface area contributed by atoms with Gasteiger partial charge in [0, 0.05) is 34.0 Å². The van der Waals surface area contributed by atoms with Crippen molar-refractivity contribution in [3.63, 3.8) is 0 Å². The number of nitro groups is 3. The maximum Gasteiger partial charge on any atom is 0.640 e. The van der Waals surface area contributed by atoms with Crippen molar-refractivity contribution in [2.24, 2.45) is 0 Å². The van der Waals surface area contributed by atoms with Crippen molar-refractivity contribution in [3.05, 3.63) is 30.3 Å². The fourth-order valence-electron chi connectivity index (χ4n) is 1.70. The van der Waals surface area contributed by atoms with Gasteiger partial charge in [0.15, 0.2) is 0 Å². The number of hydrogen-bond donors (Lipinski definition) is 0. The SMILES string of the molecule is CC[C@H](COB(OC[C@H](CC)[N+](=O)[O-])OC[C@H](CC)[N+](=O)[O-])[N+](=O)[O-]. The van der Waals surface area contributed by atoms with Crippen molar-refractivity contribution < 1.29 is 28.7 Å². The average Bonchev–Trinajstić information content (AvgIpc) is 2.54. The van der Waals surface area contributed by atoms with Crippen LogP contribution in [-0.2, 0) is 14.0 Å². The van der Waals surface area contributed by atoms with Gasteiger partial charge < -0.3 is 14.0 Å². The minimum atomic E-state index is -1.45. The van der Waals surface area contributed by atoms with Gasteiger partial charge in [0.2, 0.25) is 18.1 Å². The summed E-state index contributed by atoms with van der Waals surface area (Å²) >= 11 is 0. The van der Waals surface area contributed by atoms with E-state index >= 15 is 0 Å². The Kier molecular flexibility index (Phi) is 11.6. The molecule has 0 N–H and O–H groups in total. The van der Waals surface area contributed by atoms with Gasteiger partial charge in [-0.2, -0.15) is 0 Å². The third kappa shape index (κ3) is 9.26. The molecule has 12 nitrogen and oxygen atoms in total. The van der Waals surface area contributed by atoms with Crippen LogP contribution >= 0.6 is 0 Å². The fraction of sp³-hybridized carbons (Fsp3) is 1.00. The lowest BCUT2D eigenvalue weighted by Crippen LogP contribution is -2.39. The Balaban J connectivity index is 4.76. The van der Waals surface area contributed by atoms with Gasteiger partial charge >= 0.3 is 7.32 Å². The highest BCUT2D eigenvalue weighted by Crippen LogP contribution is 2.06. The maximum absolute atomic E-state index is 10.8. The van der Waals surface area contributed by atoms with Crippen LogP contribution in [-0.4, -0.2) is 60.0 Å². The zero-order valence-corrected chi connectivity index (χ0v) is 14.6. The molecule has 0 aliphatic rings. The Morgan fingerprint density at radius 3 is 1.08 bits per heavy atom. The molecule has 0 aromatic heterocycles. The van der Waals surface area contributed by atoms with Crippen LogP contribution in [0, 0.1) is 30.3 Å². The first-order valence-electron chi connectivity index (χ1n) is 8.01. The van der Waals surface area contributed by atoms with E-state index in [1.54, 1.807) is 20.8 Å². The van der Waals surface area contributed by atoms with E-state index in [0.29, 0.717) is 0 Å². The predicted octanol–water partition coefficient (Wildman–Crippen LogP) is 1.19. The molecule has 0 fully saturated rings. The Labute approximate surface area is 145 Å². The standard InChI is InChI=1S/C12H24BN3O9/c1-4-10(14(17)18)7-23-13(24-8-11(5-2)15(19)20)25-9-12(6-3)16(21)22/h10-12H,4-9H2,1-3H3/t10-,11-,12+/m0/s1. The summed E-state index contributed by atoms with van der Waals surface area (Å²) in [7, 11) is -1.45. The number of hydrogen-bond acceptors (Lipinski definition) is 9. The molecule has 0 aliphatic carbocycles. The molecule has 0 aliphatic heterocycles. The van der Waals surface area contributed by atoms with Gasteiger partial charge in [-0.05, 0) is 0 Å². The highest BCUT2D eigenvalue weighted by atomic mass is 16.7. The minimum absolute atomic E-state index is 0.207. The second-order valence-electron chi connectivity index (χ2n) is 5.33. The predicted molar refractivity (Wildman–Crippen MR) is 86.8 cm³/mol. The molecular formula is C12H24BN3O9. The molecule has 0 rings (SSSR count). The third-order valence-corrected chi connectivity index (χ3v) is 3.58. The van der Waals surface area contributed by atoms with Crippen LogP contribution in [0.5, 0.6) is 0 Å². The van der Waals surface area contributed by atoms with Gasteiger partial charge in [0.25, 0.3) is 0 Å². The molecule has 0 aromatic carbocycles. The quantitative estimate of drug-likeness (QED) is 0.236.